The summed E-state index contributed by atoms with van der Waals surface area (Å²) in [7, 11) is 0. The molecular formula is C14H8ClNO4. The van der Waals surface area contributed by atoms with E-state index in [0.717, 1.165) is 0 Å². The minimum atomic E-state index is -0.812. The Bertz CT molecular complexity index is 829. The number of ketones is 2. The molecule has 0 bridgehead atoms. The number of benzene rings is 1. The maximum absolute atomic E-state index is 12.0. The van der Waals surface area contributed by atoms with Crippen molar-refractivity contribution in [1.29, 1.82) is 0 Å². The Balaban J connectivity index is 2.30. The first kappa shape index (κ1) is 12.5. The number of carbonyl (C=O) groups excluding carboxylic acids is 2. The van der Waals surface area contributed by atoms with E-state index in [1.807, 2.05) is 0 Å². The molecule has 20 heavy (non-hydrogen) atoms. The van der Waals surface area contributed by atoms with Gasteiger partial charge < -0.3 is 15.2 Å². The standard InChI is InChI=1S/C14H8ClNO4/c15-6-1-2-9-7(3-6)8(5-16-9)12-13(19)10(17)4-11(18)14(12)20/h1-5,16-17,20H. The van der Waals surface area contributed by atoms with Crippen LogP contribution in [0.4, 0.5) is 0 Å². The SMILES string of the molecule is O=C1C=C(O)C(=O)C(c2c[nH]c3ccc(Cl)cc23)=C1O. The molecule has 0 saturated carbocycles. The topological polar surface area (TPSA) is 90.4 Å². The normalized spacial score (nSPS) is 15.9. The number of Topliss-reactive ketones (excluding diaryl/α,β-unsaturated/α-hetero) is 1. The first-order valence-electron chi connectivity index (χ1n) is 5.69. The van der Waals surface area contributed by atoms with Crippen LogP contribution < -0.4 is 0 Å². The van der Waals surface area contributed by atoms with Gasteiger partial charge in [0.2, 0.25) is 11.6 Å². The average molecular weight is 290 g/mol. The number of aliphatic hydroxyl groups excluding tert-OH is 2. The summed E-state index contributed by atoms with van der Waals surface area (Å²) in [6, 6.07) is 4.99. The van der Waals surface area contributed by atoms with E-state index in [-0.39, 0.29) is 5.57 Å². The summed E-state index contributed by atoms with van der Waals surface area (Å²) in [5.41, 5.74) is 0.778. The molecule has 1 heterocycles. The van der Waals surface area contributed by atoms with Gasteiger partial charge in [-0.15, -0.1) is 0 Å². The highest BCUT2D eigenvalue weighted by molar-refractivity contribution is 6.38. The fourth-order valence-electron chi connectivity index (χ4n) is 2.17. The van der Waals surface area contributed by atoms with E-state index in [0.29, 0.717) is 27.6 Å². The van der Waals surface area contributed by atoms with E-state index in [2.05, 4.69) is 4.98 Å². The first-order chi connectivity index (χ1) is 9.49. The van der Waals surface area contributed by atoms with Crippen LogP contribution in [0.15, 0.2) is 42.0 Å². The number of nitrogens with one attached hydrogen (secondary N) is 1. The molecular weight excluding hydrogens is 282 g/mol. The molecule has 6 heteroatoms. The van der Waals surface area contributed by atoms with Crippen molar-refractivity contribution in [2.45, 2.75) is 0 Å². The molecule has 0 unspecified atom stereocenters. The zero-order chi connectivity index (χ0) is 14.4. The number of allylic oxidation sites excluding steroid dienone is 2. The van der Waals surface area contributed by atoms with Gasteiger partial charge in [0.1, 0.15) is 0 Å². The lowest BCUT2D eigenvalue weighted by atomic mass is 9.93. The zero-order valence-corrected chi connectivity index (χ0v) is 10.7. The van der Waals surface area contributed by atoms with E-state index in [9.17, 15) is 19.8 Å². The molecule has 0 atom stereocenters. The number of aromatic amines is 1. The second-order valence-corrected chi connectivity index (χ2v) is 4.78. The molecule has 1 aliphatic rings. The molecule has 1 aromatic carbocycles. The third-order valence-electron chi connectivity index (χ3n) is 3.11. The molecule has 5 nitrogen and oxygen atoms in total. The number of halogens is 1. The molecule has 0 fully saturated rings. The van der Waals surface area contributed by atoms with E-state index >= 15 is 0 Å². The lowest BCUT2D eigenvalue weighted by molar-refractivity contribution is -0.117. The number of aliphatic hydroxyl groups is 2. The van der Waals surface area contributed by atoms with Gasteiger partial charge in [-0.3, -0.25) is 9.59 Å². The third-order valence-corrected chi connectivity index (χ3v) is 3.35. The summed E-state index contributed by atoms with van der Waals surface area (Å²) in [5, 5.41) is 20.3. The summed E-state index contributed by atoms with van der Waals surface area (Å²) in [6.45, 7) is 0. The van der Waals surface area contributed by atoms with Crippen LogP contribution in [0.1, 0.15) is 5.56 Å². The molecule has 100 valence electrons. The molecule has 0 aliphatic heterocycles. The summed E-state index contributed by atoms with van der Waals surface area (Å²) in [5.74, 6) is -3.00. The Morgan fingerprint density at radius 2 is 1.90 bits per heavy atom. The van der Waals surface area contributed by atoms with Crippen LogP contribution in [0.25, 0.3) is 16.5 Å². The van der Waals surface area contributed by atoms with Gasteiger partial charge >= 0.3 is 0 Å². The van der Waals surface area contributed by atoms with Gasteiger partial charge in [0.15, 0.2) is 11.5 Å². The van der Waals surface area contributed by atoms with E-state index in [4.69, 9.17) is 11.6 Å². The van der Waals surface area contributed by atoms with Crippen molar-refractivity contribution in [1.82, 2.24) is 4.98 Å². The summed E-state index contributed by atoms with van der Waals surface area (Å²) < 4.78 is 0. The Hall–Kier alpha value is -2.53. The van der Waals surface area contributed by atoms with Crippen LogP contribution in [0.3, 0.4) is 0 Å². The maximum atomic E-state index is 12.0. The fraction of sp³-hybridized carbons (Fsp3) is 0. The van der Waals surface area contributed by atoms with Gasteiger partial charge in [-0.1, -0.05) is 11.6 Å². The van der Waals surface area contributed by atoms with Crippen LogP contribution in [0.5, 0.6) is 0 Å². The van der Waals surface area contributed by atoms with Gasteiger partial charge in [-0.05, 0) is 18.2 Å². The number of aromatic nitrogens is 1. The van der Waals surface area contributed by atoms with Crippen molar-refractivity contribution in [3.05, 3.63) is 52.6 Å². The van der Waals surface area contributed by atoms with Crippen LogP contribution in [-0.2, 0) is 9.59 Å². The van der Waals surface area contributed by atoms with Gasteiger partial charge in [0.25, 0.3) is 0 Å². The molecule has 3 rings (SSSR count). The fourth-order valence-corrected chi connectivity index (χ4v) is 2.34. The molecule has 0 saturated heterocycles. The third kappa shape index (κ3) is 1.71. The van der Waals surface area contributed by atoms with Gasteiger partial charge in [0, 0.05) is 33.8 Å². The van der Waals surface area contributed by atoms with Gasteiger partial charge in [0.05, 0.1) is 5.57 Å². The average Bonchev–Trinajstić information content (AvgIpc) is 2.80. The van der Waals surface area contributed by atoms with E-state index < -0.39 is 23.1 Å². The van der Waals surface area contributed by atoms with Crippen LogP contribution in [-0.4, -0.2) is 26.8 Å². The zero-order valence-electron chi connectivity index (χ0n) is 9.98. The van der Waals surface area contributed by atoms with E-state index in [1.54, 1.807) is 18.2 Å². The summed E-state index contributed by atoms with van der Waals surface area (Å²) >= 11 is 5.91. The second kappa shape index (κ2) is 4.25. The van der Waals surface area contributed by atoms with Crippen molar-refractivity contribution in [3.8, 4) is 0 Å². The van der Waals surface area contributed by atoms with Gasteiger partial charge in [-0.2, -0.15) is 0 Å². The van der Waals surface area contributed by atoms with Crippen molar-refractivity contribution < 1.29 is 19.8 Å². The first-order valence-corrected chi connectivity index (χ1v) is 6.07. The minimum Gasteiger partial charge on any atom is -0.504 e. The van der Waals surface area contributed by atoms with Crippen molar-refractivity contribution in [2.75, 3.05) is 0 Å². The highest BCUT2D eigenvalue weighted by Gasteiger charge is 2.30. The lowest BCUT2D eigenvalue weighted by Crippen LogP contribution is -2.18. The second-order valence-electron chi connectivity index (χ2n) is 4.34. The Labute approximate surface area is 117 Å². The predicted molar refractivity (Wildman–Crippen MR) is 73.6 cm³/mol. The maximum Gasteiger partial charge on any atom is 0.231 e. The largest absolute Gasteiger partial charge is 0.504 e. The van der Waals surface area contributed by atoms with Crippen LogP contribution in [0, 0.1) is 0 Å². The molecule has 1 aromatic heterocycles. The molecule has 1 aliphatic carbocycles. The highest BCUT2D eigenvalue weighted by atomic mass is 35.5. The highest BCUT2D eigenvalue weighted by Crippen LogP contribution is 2.32. The number of carbonyl (C=O) groups is 2. The molecule has 0 radical (unpaired) electrons. The number of hydrogen-bond donors (Lipinski definition) is 3. The Kier molecular flexibility index (Phi) is 2.65. The van der Waals surface area contributed by atoms with Crippen LogP contribution in [0.2, 0.25) is 5.02 Å². The predicted octanol–water partition coefficient (Wildman–Crippen LogP) is 2.68. The number of fused-ring (bicyclic) bond motifs is 1. The summed E-state index contributed by atoms with van der Waals surface area (Å²) in [4.78, 5) is 26.4. The van der Waals surface area contributed by atoms with Crippen molar-refractivity contribution in [3.63, 3.8) is 0 Å². The van der Waals surface area contributed by atoms with Crippen molar-refractivity contribution >= 4 is 39.6 Å². The number of rotatable bonds is 1. The number of H-pyrrole nitrogens is 1. The minimum absolute atomic E-state index is 0.233. The van der Waals surface area contributed by atoms with Gasteiger partial charge in [-0.25, -0.2) is 0 Å². The Morgan fingerprint density at radius 1 is 1.15 bits per heavy atom. The van der Waals surface area contributed by atoms with Crippen LogP contribution >= 0.6 is 11.6 Å². The quantitative estimate of drug-likeness (QED) is 0.704. The smallest absolute Gasteiger partial charge is 0.231 e. The van der Waals surface area contributed by atoms with E-state index in [1.165, 1.54) is 6.20 Å². The van der Waals surface area contributed by atoms with Crippen molar-refractivity contribution in [2.24, 2.45) is 0 Å². The summed E-state index contributed by atoms with van der Waals surface area (Å²) in [6.07, 6.45) is 2.18. The molecule has 0 spiro atoms. The molecule has 2 aromatic rings. The monoisotopic (exact) mass is 289 g/mol. The molecule has 0 amide bonds. The molecule has 3 N–H and O–H groups in total. The number of hydrogen-bond acceptors (Lipinski definition) is 4. The Morgan fingerprint density at radius 3 is 2.65 bits per heavy atom. The lowest BCUT2D eigenvalue weighted by Gasteiger charge is -2.11.